The van der Waals surface area contributed by atoms with Crippen LogP contribution in [-0.4, -0.2) is 35.5 Å². The maximum absolute atomic E-state index is 12.9. The minimum absolute atomic E-state index is 0.0285. The van der Waals surface area contributed by atoms with Gasteiger partial charge in [-0.05, 0) is 60.7 Å². The first-order valence-corrected chi connectivity index (χ1v) is 12.1. The minimum atomic E-state index is -4.53. The number of rotatable bonds is 6. The van der Waals surface area contributed by atoms with Crippen LogP contribution in [0.15, 0.2) is 65.6 Å². The topological polar surface area (TPSA) is 87.7 Å². The molecule has 1 aliphatic heterocycles. The van der Waals surface area contributed by atoms with E-state index in [1.54, 1.807) is 12.1 Å². The Balaban J connectivity index is 1.68. The van der Waals surface area contributed by atoms with Gasteiger partial charge in [-0.3, -0.25) is 9.52 Å². The summed E-state index contributed by atoms with van der Waals surface area (Å²) in [7, 11) is 1.12. The number of nitrogens with zero attached hydrogens (tertiary/aromatic N) is 1. The summed E-state index contributed by atoms with van der Waals surface area (Å²) in [4.78, 5) is 14.4. The number of hydrogen-bond acceptors (Lipinski definition) is 5. The molecule has 0 aromatic heterocycles. The molecule has 3 aromatic rings. The molecule has 7 nitrogen and oxygen atoms in total. The van der Waals surface area contributed by atoms with Crippen LogP contribution in [0.5, 0.6) is 5.75 Å². The van der Waals surface area contributed by atoms with Crippen LogP contribution in [-0.2, 0) is 21.0 Å². The predicted molar refractivity (Wildman–Crippen MR) is 133 cm³/mol. The number of benzene rings is 3. The van der Waals surface area contributed by atoms with Crippen molar-refractivity contribution in [2.24, 2.45) is 0 Å². The van der Waals surface area contributed by atoms with Gasteiger partial charge in [0.15, 0.2) is 0 Å². The second-order valence-corrected chi connectivity index (χ2v) is 9.90. The molecule has 0 saturated carbocycles. The molecule has 0 unspecified atom stereocenters. The second-order valence-electron chi connectivity index (χ2n) is 8.22. The number of carbonyl (C=O) groups excluding carboxylic acids is 1. The number of hydrogen-bond donors (Lipinski definition) is 2. The second kappa shape index (κ2) is 9.23. The molecular formula is C25H22F3N3O4S. The van der Waals surface area contributed by atoms with Crippen molar-refractivity contribution in [3.05, 3.63) is 77.4 Å². The highest BCUT2D eigenvalue weighted by atomic mass is 32.2. The quantitative estimate of drug-likeness (QED) is 0.446. The van der Waals surface area contributed by atoms with Crippen molar-refractivity contribution in [2.75, 3.05) is 36.1 Å². The average Bonchev–Trinajstić information content (AvgIpc) is 3.13. The molecule has 36 heavy (non-hydrogen) atoms. The van der Waals surface area contributed by atoms with Crippen LogP contribution in [0, 0.1) is 0 Å². The van der Waals surface area contributed by atoms with Crippen LogP contribution in [0.3, 0.4) is 0 Å². The molecule has 11 heteroatoms. The van der Waals surface area contributed by atoms with Crippen molar-refractivity contribution in [3.63, 3.8) is 0 Å². The summed E-state index contributed by atoms with van der Waals surface area (Å²) in [5, 5.41) is 2.71. The van der Waals surface area contributed by atoms with E-state index in [4.69, 9.17) is 4.74 Å². The number of sulfonamides is 1. The number of methoxy groups -OCH3 is 1. The lowest BCUT2D eigenvalue weighted by atomic mass is 10.0. The van der Waals surface area contributed by atoms with Crippen molar-refractivity contribution in [3.8, 4) is 5.75 Å². The van der Waals surface area contributed by atoms with E-state index in [1.165, 1.54) is 25.3 Å². The van der Waals surface area contributed by atoms with Gasteiger partial charge in [0, 0.05) is 53.9 Å². The molecular weight excluding hydrogens is 495 g/mol. The standard InChI is InChI=1S/C25H22F3N3O4S/c1-31(2)18-9-4-15(23(13-18)35-3)12-21-20-14-19(10-11-22(20)29-24(21)32)36(33,34)30-17-7-5-16(6-8-17)25(26,27)28/h4-14,30H,1-3H3,(H,29,32). The van der Waals surface area contributed by atoms with Crippen molar-refractivity contribution in [2.45, 2.75) is 11.1 Å². The lowest BCUT2D eigenvalue weighted by Gasteiger charge is -2.15. The van der Waals surface area contributed by atoms with Crippen LogP contribution < -0.4 is 19.7 Å². The third kappa shape index (κ3) is 5.01. The van der Waals surface area contributed by atoms with Crippen LogP contribution in [0.1, 0.15) is 16.7 Å². The SMILES string of the molecule is COc1cc(N(C)C)ccc1C=C1C(=O)Nc2ccc(S(=O)(=O)Nc3ccc(C(F)(F)F)cc3)cc21. The Labute approximate surface area is 206 Å². The highest BCUT2D eigenvalue weighted by Gasteiger charge is 2.30. The van der Waals surface area contributed by atoms with E-state index in [2.05, 4.69) is 10.0 Å². The average molecular weight is 518 g/mol. The van der Waals surface area contributed by atoms with E-state index in [0.29, 0.717) is 22.6 Å². The molecule has 188 valence electrons. The third-order valence-corrected chi connectivity index (χ3v) is 6.96. The van der Waals surface area contributed by atoms with Gasteiger partial charge in [0.2, 0.25) is 0 Å². The first-order chi connectivity index (χ1) is 16.9. The molecule has 2 N–H and O–H groups in total. The van der Waals surface area contributed by atoms with Gasteiger partial charge >= 0.3 is 6.18 Å². The highest BCUT2D eigenvalue weighted by Crippen LogP contribution is 2.37. The number of nitrogens with one attached hydrogen (secondary N) is 2. The molecule has 0 fully saturated rings. The Morgan fingerprint density at radius 3 is 2.31 bits per heavy atom. The highest BCUT2D eigenvalue weighted by molar-refractivity contribution is 7.92. The van der Waals surface area contributed by atoms with Crippen LogP contribution in [0.4, 0.5) is 30.2 Å². The summed E-state index contributed by atoms with van der Waals surface area (Å²) in [6.07, 6.45) is -2.92. The molecule has 0 saturated heterocycles. The summed E-state index contributed by atoms with van der Waals surface area (Å²) >= 11 is 0. The Morgan fingerprint density at radius 2 is 1.69 bits per heavy atom. The number of amides is 1. The maximum atomic E-state index is 12.9. The van der Waals surface area contributed by atoms with E-state index in [9.17, 15) is 26.4 Å². The monoisotopic (exact) mass is 517 g/mol. The van der Waals surface area contributed by atoms with Gasteiger partial charge in [0.05, 0.1) is 17.6 Å². The maximum Gasteiger partial charge on any atom is 0.416 e. The number of fused-ring (bicyclic) bond motifs is 1. The molecule has 1 heterocycles. The van der Waals surface area contributed by atoms with Gasteiger partial charge < -0.3 is 15.0 Å². The smallest absolute Gasteiger partial charge is 0.416 e. The van der Waals surface area contributed by atoms with Gasteiger partial charge in [-0.25, -0.2) is 8.42 Å². The number of alkyl halides is 3. The van der Waals surface area contributed by atoms with E-state index in [0.717, 1.165) is 30.0 Å². The van der Waals surface area contributed by atoms with E-state index in [1.807, 2.05) is 31.1 Å². The van der Waals surface area contributed by atoms with Crippen molar-refractivity contribution < 1.29 is 31.1 Å². The van der Waals surface area contributed by atoms with Gasteiger partial charge in [-0.2, -0.15) is 13.2 Å². The molecule has 4 rings (SSSR count). The van der Waals surface area contributed by atoms with Gasteiger partial charge in [-0.1, -0.05) is 0 Å². The molecule has 1 amide bonds. The van der Waals surface area contributed by atoms with Crippen LogP contribution in [0.2, 0.25) is 0 Å². The Hall–Kier alpha value is -3.99. The zero-order chi connectivity index (χ0) is 26.3. The predicted octanol–water partition coefficient (Wildman–Crippen LogP) is 5.07. The molecule has 0 bridgehead atoms. The van der Waals surface area contributed by atoms with Gasteiger partial charge in [0.25, 0.3) is 15.9 Å². The summed E-state index contributed by atoms with van der Waals surface area (Å²) in [6, 6.07) is 13.2. The summed E-state index contributed by atoms with van der Waals surface area (Å²) in [5.74, 6) is 0.122. The molecule has 1 aliphatic rings. The Bertz CT molecular complexity index is 1460. The van der Waals surface area contributed by atoms with Crippen molar-refractivity contribution in [1.29, 1.82) is 0 Å². The number of carbonyl (C=O) groups is 1. The van der Waals surface area contributed by atoms with E-state index >= 15 is 0 Å². The van der Waals surface area contributed by atoms with Gasteiger partial charge in [-0.15, -0.1) is 0 Å². The molecule has 0 aliphatic carbocycles. The fraction of sp³-hybridized carbons (Fsp3) is 0.160. The van der Waals surface area contributed by atoms with E-state index < -0.39 is 27.7 Å². The first-order valence-electron chi connectivity index (χ1n) is 10.6. The van der Waals surface area contributed by atoms with Crippen LogP contribution in [0.25, 0.3) is 11.6 Å². The first kappa shape index (κ1) is 25.1. The van der Waals surface area contributed by atoms with Crippen molar-refractivity contribution in [1.82, 2.24) is 0 Å². The zero-order valence-electron chi connectivity index (χ0n) is 19.5. The summed E-state index contributed by atoms with van der Waals surface area (Å²) in [6.45, 7) is 0. The Kier molecular flexibility index (Phi) is 6.44. The summed E-state index contributed by atoms with van der Waals surface area (Å²) < 4.78 is 72.0. The fourth-order valence-electron chi connectivity index (χ4n) is 3.67. The van der Waals surface area contributed by atoms with E-state index in [-0.39, 0.29) is 16.2 Å². The number of ether oxygens (including phenoxy) is 1. The molecule has 0 radical (unpaired) electrons. The normalized spacial score (nSPS) is 14.4. The zero-order valence-corrected chi connectivity index (χ0v) is 20.3. The largest absolute Gasteiger partial charge is 0.496 e. The lowest BCUT2D eigenvalue weighted by molar-refractivity contribution is -0.137. The summed E-state index contributed by atoms with van der Waals surface area (Å²) in [5.41, 5.74) is 1.64. The van der Waals surface area contributed by atoms with Gasteiger partial charge in [0.1, 0.15) is 5.75 Å². The van der Waals surface area contributed by atoms with Crippen LogP contribution >= 0.6 is 0 Å². The van der Waals surface area contributed by atoms with Crippen molar-refractivity contribution >= 4 is 44.6 Å². The number of anilines is 3. The minimum Gasteiger partial charge on any atom is -0.496 e. The number of halogens is 3. The third-order valence-electron chi connectivity index (χ3n) is 5.58. The Morgan fingerprint density at radius 1 is 1.00 bits per heavy atom. The molecule has 0 spiro atoms. The fourth-order valence-corrected chi connectivity index (χ4v) is 4.76. The lowest BCUT2D eigenvalue weighted by Crippen LogP contribution is -2.13. The molecule has 0 atom stereocenters. The molecule has 3 aromatic carbocycles.